The topological polar surface area (TPSA) is 0 Å². The van der Waals surface area contributed by atoms with Gasteiger partial charge in [0.2, 0.25) is 0 Å². The summed E-state index contributed by atoms with van der Waals surface area (Å²) >= 11 is 0.847. The van der Waals surface area contributed by atoms with Crippen molar-refractivity contribution in [3.8, 4) is 0 Å². The van der Waals surface area contributed by atoms with E-state index in [-0.39, 0.29) is 6.42 Å². The van der Waals surface area contributed by atoms with Crippen LogP contribution in [0, 0.1) is 0 Å². The van der Waals surface area contributed by atoms with E-state index in [2.05, 4.69) is 0 Å². The van der Waals surface area contributed by atoms with Gasteiger partial charge in [-0.2, -0.15) is 0 Å². The van der Waals surface area contributed by atoms with Crippen LogP contribution in [0.5, 0.6) is 0 Å². The molecule has 0 amide bonds. The van der Waals surface area contributed by atoms with Crippen LogP contribution in [0.25, 0.3) is 0 Å². The molecule has 0 saturated carbocycles. The largest absolute Gasteiger partial charge is 0.247 e. The van der Waals surface area contributed by atoms with Crippen molar-refractivity contribution in [2.45, 2.75) is 17.6 Å². The van der Waals surface area contributed by atoms with E-state index in [1.807, 2.05) is 0 Å². The second-order valence-electron chi connectivity index (χ2n) is 2.11. The zero-order valence-electron chi connectivity index (χ0n) is 4.74. The minimum Gasteiger partial charge on any atom is -0.247 e. The monoisotopic (exact) mass is 156 g/mol. The van der Waals surface area contributed by atoms with E-state index in [1.54, 1.807) is 0 Å². The minimum atomic E-state index is -2.18. The first kappa shape index (κ1) is 7.25. The van der Waals surface area contributed by atoms with Crippen LogP contribution in [0.4, 0.5) is 13.2 Å². The van der Waals surface area contributed by atoms with Crippen LogP contribution in [0.2, 0.25) is 0 Å². The van der Waals surface area contributed by atoms with Gasteiger partial charge in [0.15, 0.2) is 11.2 Å². The number of thioether (sulfide) groups is 1. The lowest BCUT2D eigenvalue weighted by atomic mass is 10.1. The van der Waals surface area contributed by atoms with Crippen LogP contribution in [0.1, 0.15) is 6.42 Å². The van der Waals surface area contributed by atoms with Crippen molar-refractivity contribution in [1.29, 1.82) is 0 Å². The molecule has 1 heterocycles. The fraction of sp³-hybridized carbons (Fsp3) is 1.00. The molecule has 0 aliphatic carbocycles. The summed E-state index contributed by atoms with van der Waals surface area (Å²) in [7, 11) is 0. The molecule has 0 aromatic rings. The number of halogens is 3. The molecule has 2 unspecified atom stereocenters. The Hall–Kier alpha value is 0.140. The molecule has 0 aromatic carbocycles. The van der Waals surface area contributed by atoms with Crippen LogP contribution in [0.3, 0.4) is 0 Å². The second kappa shape index (κ2) is 2.40. The van der Waals surface area contributed by atoms with Crippen molar-refractivity contribution in [3.63, 3.8) is 0 Å². The first-order valence-electron chi connectivity index (χ1n) is 2.69. The Morgan fingerprint density at radius 3 is 2.56 bits per heavy atom. The predicted molar refractivity (Wildman–Crippen MR) is 31.8 cm³/mol. The Morgan fingerprint density at radius 2 is 2.33 bits per heavy atom. The maximum Gasteiger partial charge on any atom is 0.182 e. The van der Waals surface area contributed by atoms with Gasteiger partial charge in [-0.25, -0.2) is 13.2 Å². The lowest BCUT2D eigenvalue weighted by Gasteiger charge is -2.15. The molecule has 1 fully saturated rings. The molecule has 0 N–H and O–H groups in total. The smallest absolute Gasteiger partial charge is 0.182 e. The summed E-state index contributed by atoms with van der Waals surface area (Å²) in [6.07, 6.45) is 0.00926. The van der Waals surface area contributed by atoms with Crippen LogP contribution in [-0.4, -0.2) is 23.6 Å². The van der Waals surface area contributed by atoms with Crippen LogP contribution in [-0.2, 0) is 0 Å². The first-order chi connectivity index (χ1) is 4.19. The first-order valence-corrected chi connectivity index (χ1v) is 3.74. The van der Waals surface area contributed by atoms with Gasteiger partial charge >= 0.3 is 0 Å². The molecular formula is C5H7F3S. The highest BCUT2D eigenvalue weighted by Crippen LogP contribution is 2.39. The Balaban J connectivity index is 2.56. The molecular weight excluding hydrogens is 149 g/mol. The molecule has 4 heteroatoms. The highest BCUT2D eigenvalue weighted by Gasteiger charge is 2.44. The van der Waals surface area contributed by atoms with Crippen molar-refractivity contribution < 1.29 is 13.2 Å². The molecule has 1 aliphatic heterocycles. The van der Waals surface area contributed by atoms with Gasteiger partial charge in [0, 0.05) is 0 Å². The van der Waals surface area contributed by atoms with Crippen molar-refractivity contribution >= 4 is 11.8 Å². The molecule has 0 nitrogen and oxygen atoms in total. The van der Waals surface area contributed by atoms with Gasteiger partial charge in [0.1, 0.15) is 6.67 Å². The molecule has 0 bridgehead atoms. The Bertz CT molecular complexity index is 108. The third kappa shape index (κ3) is 1.18. The van der Waals surface area contributed by atoms with Gasteiger partial charge in [-0.05, 0) is 12.2 Å². The van der Waals surface area contributed by atoms with Crippen LogP contribution >= 0.6 is 11.8 Å². The zero-order chi connectivity index (χ0) is 6.91. The summed E-state index contributed by atoms with van der Waals surface area (Å²) in [6, 6.07) is 0. The lowest BCUT2D eigenvalue weighted by molar-refractivity contribution is 0.0754. The minimum absolute atomic E-state index is 0.00926. The predicted octanol–water partition coefficient (Wildman–Crippen LogP) is 2.10. The molecule has 0 radical (unpaired) electrons. The quantitative estimate of drug-likeness (QED) is 0.560. The average molecular weight is 156 g/mol. The van der Waals surface area contributed by atoms with Crippen LogP contribution < -0.4 is 0 Å². The molecule has 0 aromatic heterocycles. The third-order valence-corrected chi connectivity index (χ3v) is 2.57. The maximum absolute atomic E-state index is 12.7. The lowest BCUT2D eigenvalue weighted by Crippen LogP contribution is -2.30. The molecule has 2 atom stereocenters. The number of hydrogen-bond acceptors (Lipinski definition) is 1. The molecule has 1 saturated heterocycles. The summed E-state index contributed by atoms with van der Waals surface area (Å²) in [5.74, 6) is 0.390. The maximum atomic E-state index is 12.7. The fourth-order valence-corrected chi connectivity index (χ4v) is 1.87. The van der Waals surface area contributed by atoms with Gasteiger partial charge < -0.3 is 0 Å². The van der Waals surface area contributed by atoms with Crippen molar-refractivity contribution in [3.05, 3.63) is 0 Å². The van der Waals surface area contributed by atoms with E-state index < -0.39 is 17.8 Å². The van der Waals surface area contributed by atoms with E-state index in [0.717, 1.165) is 11.8 Å². The van der Waals surface area contributed by atoms with E-state index in [4.69, 9.17) is 0 Å². The summed E-state index contributed by atoms with van der Waals surface area (Å²) in [5, 5.41) is 0. The Kier molecular flexibility index (Phi) is 1.94. The Morgan fingerprint density at radius 1 is 1.67 bits per heavy atom. The molecule has 1 aliphatic rings. The van der Waals surface area contributed by atoms with Crippen molar-refractivity contribution in [2.24, 2.45) is 0 Å². The third-order valence-electron chi connectivity index (χ3n) is 1.41. The van der Waals surface area contributed by atoms with E-state index in [0.29, 0.717) is 5.75 Å². The fourth-order valence-electron chi connectivity index (χ4n) is 0.722. The van der Waals surface area contributed by atoms with E-state index in [1.165, 1.54) is 0 Å². The summed E-state index contributed by atoms with van der Waals surface area (Å²) in [6.45, 7) is -1.19. The summed E-state index contributed by atoms with van der Waals surface area (Å²) in [5.41, 5.74) is -3.83. The normalized spacial score (nSPS) is 43.7. The number of rotatable bonds is 1. The van der Waals surface area contributed by atoms with E-state index >= 15 is 0 Å². The number of hydrogen-bond donors (Lipinski definition) is 0. The van der Waals surface area contributed by atoms with Gasteiger partial charge in [-0.1, -0.05) is 0 Å². The van der Waals surface area contributed by atoms with Gasteiger partial charge in [-0.15, -0.1) is 11.8 Å². The average Bonchev–Trinajstić information content (AvgIpc) is 2.15. The molecule has 0 spiro atoms. The summed E-state index contributed by atoms with van der Waals surface area (Å²) < 4.78 is 36.7. The SMILES string of the molecule is FCC1(F)CCSC1F. The summed E-state index contributed by atoms with van der Waals surface area (Å²) in [4.78, 5) is 0. The molecule has 54 valence electrons. The van der Waals surface area contributed by atoms with Crippen molar-refractivity contribution in [2.75, 3.05) is 12.4 Å². The molecule has 1 rings (SSSR count). The van der Waals surface area contributed by atoms with E-state index in [9.17, 15) is 13.2 Å². The molecule has 9 heavy (non-hydrogen) atoms. The van der Waals surface area contributed by atoms with Gasteiger partial charge in [0.25, 0.3) is 0 Å². The highest BCUT2D eigenvalue weighted by atomic mass is 32.2. The van der Waals surface area contributed by atoms with Gasteiger partial charge in [0.05, 0.1) is 0 Å². The van der Waals surface area contributed by atoms with Gasteiger partial charge in [-0.3, -0.25) is 0 Å². The van der Waals surface area contributed by atoms with Crippen molar-refractivity contribution in [1.82, 2.24) is 0 Å². The van der Waals surface area contributed by atoms with Crippen LogP contribution in [0.15, 0.2) is 0 Å². The zero-order valence-corrected chi connectivity index (χ0v) is 5.56. The second-order valence-corrected chi connectivity index (χ2v) is 3.26. The Labute approximate surface area is 55.8 Å². The standard InChI is InChI=1S/C5H7F3S/c6-3-5(8)1-2-9-4(5)7/h4H,1-3H2. The highest BCUT2D eigenvalue weighted by molar-refractivity contribution is 8.00. The number of alkyl halides is 3.